The van der Waals surface area contributed by atoms with Crippen molar-refractivity contribution in [2.45, 2.75) is 44.6 Å². The summed E-state index contributed by atoms with van der Waals surface area (Å²) >= 11 is 0. The number of hydrogen-bond acceptors (Lipinski definition) is 3. The lowest BCUT2D eigenvalue weighted by Crippen LogP contribution is -2.50. The van der Waals surface area contributed by atoms with Crippen molar-refractivity contribution in [2.75, 3.05) is 26.2 Å². The molecule has 2 heterocycles. The minimum Gasteiger partial charge on any atom is -0.389 e. The minimum absolute atomic E-state index is 0.0122. The molecule has 0 saturated carbocycles. The fourth-order valence-electron chi connectivity index (χ4n) is 4.26. The van der Waals surface area contributed by atoms with Crippen molar-refractivity contribution in [3.8, 4) is 0 Å². The normalized spacial score (nSPS) is 20.4. The van der Waals surface area contributed by atoms with E-state index in [-0.39, 0.29) is 17.7 Å². The smallest absolute Gasteiger partial charge is 0.245 e. The quantitative estimate of drug-likeness (QED) is 0.828. The van der Waals surface area contributed by atoms with Gasteiger partial charge in [0.15, 0.2) is 0 Å². The van der Waals surface area contributed by atoms with E-state index in [1.165, 1.54) is 11.6 Å². The molecule has 1 aromatic rings. The van der Waals surface area contributed by atoms with Crippen molar-refractivity contribution in [3.05, 3.63) is 48.0 Å². The largest absolute Gasteiger partial charge is 0.389 e. The number of benzene rings is 1. The van der Waals surface area contributed by atoms with E-state index in [1.54, 1.807) is 4.90 Å². The van der Waals surface area contributed by atoms with E-state index >= 15 is 0 Å². The molecule has 2 saturated heterocycles. The monoisotopic (exact) mass is 370 g/mol. The molecule has 2 aliphatic heterocycles. The Morgan fingerprint density at radius 1 is 1.19 bits per heavy atom. The Morgan fingerprint density at radius 2 is 1.85 bits per heavy atom. The zero-order valence-corrected chi connectivity index (χ0v) is 16.2. The molecular formula is C22H30N2O3. The van der Waals surface area contributed by atoms with Gasteiger partial charge in [0, 0.05) is 38.5 Å². The Kier molecular flexibility index (Phi) is 6.00. The molecule has 1 aromatic carbocycles. The molecule has 0 spiro atoms. The van der Waals surface area contributed by atoms with Crippen molar-refractivity contribution in [1.29, 1.82) is 0 Å². The zero-order chi connectivity index (χ0) is 19.4. The van der Waals surface area contributed by atoms with Crippen LogP contribution < -0.4 is 0 Å². The second-order valence-electron chi connectivity index (χ2n) is 8.02. The van der Waals surface area contributed by atoms with Crippen LogP contribution in [-0.2, 0) is 16.0 Å². The van der Waals surface area contributed by atoms with Crippen LogP contribution in [0, 0.1) is 12.8 Å². The van der Waals surface area contributed by atoms with Gasteiger partial charge >= 0.3 is 0 Å². The van der Waals surface area contributed by atoms with Gasteiger partial charge in [-0.3, -0.25) is 9.59 Å². The highest BCUT2D eigenvalue weighted by atomic mass is 16.3. The molecule has 2 amide bonds. The van der Waals surface area contributed by atoms with Gasteiger partial charge in [0.1, 0.15) is 0 Å². The average Bonchev–Trinajstić information content (AvgIpc) is 2.67. The van der Waals surface area contributed by atoms with Crippen LogP contribution >= 0.6 is 0 Å². The van der Waals surface area contributed by atoms with Gasteiger partial charge in [-0.1, -0.05) is 36.4 Å². The van der Waals surface area contributed by atoms with E-state index in [0.717, 1.165) is 5.56 Å². The first kappa shape index (κ1) is 19.6. The van der Waals surface area contributed by atoms with E-state index < -0.39 is 5.60 Å². The third-order valence-corrected chi connectivity index (χ3v) is 5.95. The van der Waals surface area contributed by atoms with Gasteiger partial charge in [0.2, 0.25) is 11.8 Å². The second-order valence-corrected chi connectivity index (χ2v) is 8.02. The standard InChI is InChI=1S/C22H30N2O3/c1-3-20(25)23-11-7-19(8-12-23)21(26)24-13-9-22(27,10-14-24)16-18-6-4-5-17(2)15-18/h3-6,15,19,27H,1,7-14,16H2,2H3. The molecule has 1 N–H and O–H groups in total. The number of likely N-dealkylation sites (tertiary alicyclic amines) is 2. The number of rotatable bonds is 4. The van der Waals surface area contributed by atoms with Gasteiger partial charge in [-0.05, 0) is 44.2 Å². The van der Waals surface area contributed by atoms with Crippen molar-refractivity contribution < 1.29 is 14.7 Å². The van der Waals surface area contributed by atoms with Crippen LogP contribution in [0.5, 0.6) is 0 Å². The topological polar surface area (TPSA) is 60.9 Å². The highest BCUT2D eigenvalue weighted by Crippen LogP contribution is 2.29. The molecule has 2 fully saturated rings. The minimum atomic E-state index is -0.732. The average molecular weight is 370 g/mol. The molecule has 0 aliphatic carbocycles. The lowest BCUT2D eigenvalue weighted by Gasteiger charge is -2.40. The van der Waals surface area contributed by atoms with Gasteiger partial charge < -0.3 is 14.9 Å². The Labute approximate surface area is 161 Å². The van der Waals surface area contributed by atoms with Gasteiger partial charge in [-0.25, -0.2) is 0 Å². The molecule has 0 bridgehead atoms. The molecular weight excluding hydrogens is 340 g/mol. The summed E-state index contributed by atoms with van der Waals surface area (Å²) in [5, 5.41) is 11.0. The van der Waals surface area contributed by atoms with Gasteiger partial charge in [-0.2, -0.15) is 0 Å². The van der Waals surface area contributed by atoms with Crippen LogP contribution in [0.4, 0.5) is 0 Å². The van der Waals surface area contributed by atoms with Crippen molar-refractivity contribution in [2.24, 2.45) is 5.92 Å². The molecule has 5 heteroatoms. The molecule has 146 valence electrons. The molecule has 27 heavy (non-hydrogen) atoms. The summed E-state index contributed by atoms with van der Waals surface area (Å²) in [7, 11) is 0. The van der Waals surface area contributed by atoms with Crippen LogP contribution in [-0.4, -0.2) is 58.5 Å². The SMILES string of the molecule is C=CC(=O)N1CCC(C(=O)N2CCC(O)(Cc3cccc(C)c3)CC2)CC1. The van der Waals surface area contributed by atoms with Crippen LogP contribution in [0.2, 0.25) is 0 Å². The van der Waals surface area contributed by atoms with Gasteiger partial charge in [0.05, 0.1) is 5.60 Å². The van der Waals surface area contributed by atoms with Gasteiger partial charge in [-0.15, -0.1) is 0 Å². The summed E-state index contributed by atoms with van der Waals surface area (Å²) in [6, 6.07) is 8.26. The predicted molar refractivity (Wildman–Crippen MR) is 105 cm³/mol. The zero-order valence-electron chi connectivity index (χ0n) is 16.2. The summed E-state index contributed by atoms with van der Waals surface area (Å²) in [5.41, 5.74) is 1.62. The fraction of sp³-hybridized carbons (Fsp3) is 0.545. The first-order valence-corrected chi connectivity index (χ1v) is 9.88. The lowest BCUT2D eigenvalue weighted by atomic mass is 9.84. The Morgan fingerprint density at radius 3 is 2.44 bits per heavy atom. The first-order chi connectivity index (χ1) is 12.9. The van der Waals surface area contributed by atoms with E-state index in [0.29, 0.717) is 58.3 Å². The number of nitrogens with zero attached hydrogens (tertiary/aromatic N) is 2. The number of carbonyl (C=O) groups excluding carboxylic acids is 2. The number of piperidine rings is 2. The van der Waals surface area contributed by atoms with E-state index in [9.17, 15) is 14.7 Å². The third kappa shape index (κ3) is 4.78. The maximum atomic E-state index is 12.8. The molecule has 0 radical (unpaired) electrons. The van der Waals surface area contributed by atoms with Crippen LogP contribution in [0.1, 0.15) is 36.8 Å². The highest BCUT2D eigenvalue weighted by molar-refractivity contribution is 5.87. The summed E-state index contributed by atoms with van der Waals surface area (Å²) in [6.45, 7) is 8.02. The Hall–Kier alpha value is -2.14. The van der Waals surface area contributed by atoms with Crippen LogP contribution in [0.25, 0.3) is 0 Å². The number of carbonyl (C=O) groups is 2. The number of amides is 2. The maximum Gasteiger partial charge on any atom is 0.245 e. The molecule has 0 aromatic heterocycles. The molecule has 3 rings (SSSR count). The predicted octanol–water partition coefficient (Wildman–Crippen LogP) is 2.32. The highest BCUT2D eigenvalue weighted by Gasteiger charge is 2.36. The molecule has 2 aliphatic rings. The summed E-state index contributed by atoms with van der Waals surface area (Å²) < 4.78 is 0. The number of hydrogen-bond donors (Lipinski definition) is 1. The first-order valence-electron chi connectivity index (χ1n) is 9.88. The molecule has 0 atom stereocenters. The van der Waals surface area contributed by atoms with Gasteiger partial charge in [0.25, 0.3) is 0 Å². The van der Waals surface area contributed by atoms with E-state index in [4.69, 9.17) is 0 Å². The summed E-state index contributed by atoms with van der Waals surface area (Å²) in [4.78, 5) is 28.2. The Bertz CT molecular complexity index is 699. The lowest BCUT2D eigenvalue weighted by molar-refractivity contribution is -0.143. The van der Waals surface area contributed by atoms with E-state index in [2.05, 4.69) is 31.7 Å². The molecule has 5 nitrogen and oxygen atoms in total. The summed E-state index contributed by atoms with van der Waals surface area (Å²) in [6.07, 6.45) is 4.62. The van der Waals surface area contributed by atoms with Crippen molar-refractivity contribution >= 4 is 11.8 Å². The molecule has 0 unspecified atom stereocenters. The third-order valence-electron chi connectivity index (χ3n) is 5.95. The summed E-state index contributed by atoms with van der Waals surface area (Å²) in [5.74, 6) is 0.111. The van der Waals surface area contributed by atoms with Crippen molar-refractivity contribution in [1.82, 2.24) is 9.80 Å². The van der Waals surface area contributed by atoms with E-state index in [1.807, 2.05) is 11.0 Å². The van der Waals surface area contributed by atoms with Crippen LogP contribution in [0.15, 0.2) is 36.9 Å². The van der Waals surface area contributed by atoms with Crippen molar-refractivity contribution in [3.63, 3.8) is 0 Å². The van der Waals surface area contributed by atoms with Crippen LogP contribution in [0.3, 0.4) is 0 Å². The second kappa shape index (κ2) is 8.26. The Balaban J connectivity index is 1.50. The number of aryl methyl sites for hydroxylation is 1. The maximum absolute atomic E-state index is 12.8. The number of aliphatic hydroxyl groups is 1. The fourth-order valence-corrected chi connectivity index (χ4v) is 4.26.